The third-order valence-electron chi connectivity index (χ3n) is 12.8. The van der Waals surface area contributed by atoms with Gasteiger partial charge < -0.3 is 39.1 Å². The molecule has 2 aromatic carbocycles. The highest BCUT2D eigenvalue weighted by atomic mass is 32.1. The molecule has 3 heterocycles. The molecule has 2 bridgehead atoms. The number of thiazole rings is 1. The smallest absolute Gasteiger partial charge is 0.482 e. The number of piperazine rings is 1. The maximum atomic E-state index is 15.5. The van der Waals surface area contributed by atoms with Gasteiger partial charge in [0.2, 0.25) is 5.91 Å². The summed E-state index contributed by atoms with van der Waals surface area (Å²) in [5.41, 5.74) is -2.17. The monoisotopic (exact) mass is 922 g/mol. The fraction of sp³-hybridized carbons (Fsp3) is 0.523. The molecule has 0 radical (unpaired) electrons. The summed E-state index contributed by atoms with van der Waals surface area (Å²) >= 11 is 0.910. The lowest BCUT2D eigenvalue weighted by molar-refractivity contribution is -0.199. The summed E-state index contributed by atoms with van der Waals surface area (Å²) in [5, 5.41) is 9.30. The van der Waals surface area contributed by atoms with Gasteiger partial charge in [0, 0.05) is 25.0 Å². The van der Waals surface area contributed by atoms with Crippen LogP contribution < -0.4 is 20.7 Å². The number of aromatic nitrogens is 1. The number of nitrogens with one attached hydrogen (secondary N) is 3. The van der Waals surface area contributed by atoms with Gasteiger partial charge in [0.1, 0.15) is 23.5 Å². The van der Waals surface area contributed by atoms with Crippen LogP contribution >= 0.6 is 11.3 Å². The Hall–Kier alpha value is -5.67. The van der Waals surface area contributed by atoms with Crippen LogP contribution in [0.4, 0.5) is 23.5 Å². The van der Waals surface area contributed by atoms with E-state index in [0.717, 1.165) is 29.4 Å². The number of benzene rings is 2. The van der Waals surface area contributed by atoms with Gasteiger partial charge in [0.25, 0.3) is 0 Å². The summed E-state index contributed by atoms with van der Waals surface area (Å²) in [6, 6.07) is 7.01. The van der Waals surface area contributed by atoms with E-state index in [-0.39, 0.29) is 66.1 Å². The summed E-state index contributed by atoms with van der Waals surface area (Å²) in [4.78, 5) is 87.2. The van der Waals surface area contributed by atoms with Crippen LogP contribution in [0.15, 0.2) is 41.8 Å². The van der Waals surface area contributed by atoms with Crippen LogP contribution in [0, 0.1) is 28.9 Å². The van der Waals surface area contributed by atoms with Gasteiger partial charge >= 0.3 is 37.0 Å². The maximum Gasteiger partial charge on any atom is 0.482 e. The van der Waals surface area contributed by atoms with Crippen molar-refractivity contribution in [3.05, 3.63) is 75.8 Å². The van der Waals surface area contributed by atoms with E-state index in [1.807, 2.05) is 13.0 Å². The van der Waals surface area contributed by atoms with Gasteiger partial charge in [-0.2, -0.15) is 0 Å². The number of nitrogens with zero attached hydrogens (tertiary/aromatic N) is 3. The highest BCUT2D eigenvalue weighted by Crippen LogP contribution is 2.65. The zero-order valence-electron chi connectivity index (χ0n) is 37.5. The van der Waals surface area contributed by atoms with E-state index in [1.165, 1.54) is 17.4 Å². The first kappa shape index (κ1) is 47.3. The molecule has 17 nitrogen and oxygen atoms in total. The minimum absolute atomic E-state index is 0.00765. The number of halogens is 2. The third kappa shape index (κ3) is 9.54. The number of carbonyl (C=O) groups is 6. The Labute approximate surface area is 379 Å². The van der Waals surface area contributed by atoms with Crippen molar-refractivity contribution < 1.29 is 61.1 Å². The number of hydrogen-bond acceptors (Lipinski definition) is 13. The molecule has 0 spiro atoms. The molecule has 5 aliphatic rings. The van der Waals surface area contributed by atoms with Gasteiger partial charge in [-0.15, -0.1) is 11.3 Å². The summed E-state index contributed by atoms with van der Waals surface area (Å²) in [6.45, 7) is 12.7. The second-order valence-electron chi connectivity index (χ2n) is 18.4. The molecule has 2 saturated heterocycles. The second kappa shape index (κ2) is 18.3. The number of urea groups is 1. The van der Waals surface area contributed by atoms with Crippen molar-refractivity contribution in [1.82, 2.24) is 25.4 Å². The number of ether oxygens (including phenoxy) is 3. The minimum Gasteiger partial charge on any atom is -0.495 e. The molecule has 21 heteroatoms. The first-order chi connectivity index (χ1) is 30.6. The number of esters is 1. The fourth-order valence-corrected chi connectivity index (χ4v) is 10.0. The summed E-state index contributed by atoms with van der Waals surface area (Å²) in [5.74, 6) is -8.17. The Bertz CT molecular complexity index is 2370. The van der Waals surface area contributed by atoms with Crippen LogP contribution in [0.5, 0.6) is 5.75 Å². The van der Waals surface area contributed by atoms with Crippen molar-refractivity contribution in [1.29, 1.82) is 0 Å². The summed E-state index contributed by atoms with van der Waals surface area (Å²) in [6.07, 6.45) is -0.0619. The summed E-state index contributed by atoms with van der Waals surface area (Å²) < 4.78 is 60.7. The van der Waals surface area contributed by atoms with Crippen molar-refractivity contribution in [2.75, 3.05) is 32.1 Å². The van der Waals surface area contributed by atoms with Crippen LogP contribution in [0.1, 0.15) is 94.5 Å². The lowest BCUT2D eigenvalue weighted by Gasteiger charge is -2.64. The van der Waals surface area contributed by atoms with Crippen LogP contribution in [-0.2, 0) is 46.2 Å². The highest BCUT2D eigenvalue weighted by molar-refractivity contribution is 7.13. The lowest BCUT2D eigenvalue weighted by atomic mass is 9.43. The number of rotatable bonds is 13. The number of anilines is 1. The van der Waals surface area contributed by atoms with E-state index < -0.39 is 89.4 Å². The number of carbonyl (C=O) groups excluding carboxylic acids is 6. The Morgan fingerprint density at radius 3 is 2.43 bits per heavy atom. The molecule has 3 saturated carbocycles. The van der Waals surface area contributed by atoms with E-state index in [1.54, 1.807) is 52.0 Å². The molecule has 3 aliphatic carbocycles. The van der Waals surface area contributed by atoms with E-state index in [2.05, 4.69) is 34.8 Å². The normalized spacial score (nSPS) is 23.2. The first-order valence-corrected chi connectivity index (χ1v) is 22.3. The average molecular weight is 923 g/mol. The molecule has 8 rings (SSSR count). The first-order valence-electron chi connectivity index (χ1n) is 21.4. The van der Waals surface area contributed by atoms with Crippen molar-refractivity contribution >= 4 is 59.4 Å². The van der Waals surface area contributed by atoms with Crippen LogP contribution in [0.2, 0.25) is 0 Å². The lowest BCUT2D eigenvalue weighted by Crippen LogP contribution is -2.65. The number of amides is 6. The SMILES string of the molecule is CCN1CCN(C(=O)NC(C(=O)NC(Cc2cc(F)c(F)c(C(=O)OC(C)(C)C)c2OC)B2O[C@@H]3C[C@@H]4C[C@@H](C4(C)C)[C@]3(C)O2)c2csc(NC(=O)OCc3ccccc3)n2)C(=O)C1=O. The number of hydrogen-bond donors (Lipinski definition) is 3. The number of imide groups is 1. The summed E-state index contributed by atoms with van der Waals surface area (Å²) in [7, 11) is -0.0365. The quantitative estimate of drug-likeness (QED) is 0.109. The molecule has 2 unspecified atom stereocenters. The average Bonchev–Trinajstić information content (AvgIpc) is 3.86. The van der Waals surface area contributed by atoms with Crippen molar-refractivity contribution in [2.45, 2.75) is 104 Å². The maximum absolute atomic E-state index is 15.5. The molecular weight excluding hydrogens is 869 g/mol. The topological polar surface area (TPSA) is 204 Å². The van der Waals surface area contributed by atoms with Gasteiger partial charge in [-0.05, 0) is 88.3 Å². The van der Waals surface area contributed by atoms with E-state index in [4.69, 9.17) is 23.5 Å². The van der Waals surface area contributed by atoms with Crippen LogP contribution in [-0.4, -0.2) is 108 Å². The molecule has 6 amide bonds. The van der Waals surface area contributed by atoms with E-state index in [0.29, 0.717) is 17.2 Å². The minimum atomic E-state index is -1.69. The molecule has 3 N–H and O–H groups in total. The van der Waals surface area contributed by atoms with Crippen LogP contribution in [0.3, 0.4) is 0 Å². The molecule has 348 valence electrons. The molecule has 6 atom stereocenters. The fourth-order valence-electron chi connectivity index (χ4n) is 9.31. The predicted octanol–water partition coefficient (Wildman–Crippen LogP) is 5.57. The second-order valence-corrected chi connectivity index (χ2v) is 19.2. The van der Waals surface area contributed by atoms with Crippen molar-refractivity contribution in [2.24, 2.45) is 17.3 Å². The molecule has 1 aromatic heterocycles. The predicted molar refractivity (Wildman–Crippen MR) is 231 cm³/mol. The number of methoxy groups -OCH3 is 1. The van der Waals surface area contributed by atoms with E-state index in [9.17, 15) is 28.8 Å². The van der Waals surface area contributed by atoms with Gasteiger partial charge in [-0.3, -0.25) is 24.6 Å². The Kier molecular flexibility index (Phi) is 13.3. The highest BCUT2D eigenvalue weighted by Gasteiger charge is 2.68. The van der Waals surface area contributed by atoms with Gasteiger partial charge in [-0.1, -0.05) is 44.2 Å². The zero-order chi connectivity index (χ0) is 47.2. The van der Waals surface area contributed by atoms with Crippen molar-refractivity contribution in [3.63, 3.8) is 0 Å². The molecular formula is C44H53BF2N6O11S. The zero-order valence-corrected chi connectivity index (χ0v) is 38.3. The molecule has 5 fully saturated rings. The molecule has 2 aliphatic heterocycles. The van der Waals surface area contributed by atoms with Gasteiger partial charge in [-0.25, -0.2) is 28.1 Å². The standard InChI is InChI=1S/C44H53BF2N6O11S/c1-9-52-15-16-53(37(56)36(52)55)40(58)50-33(27-22-65-39(48-27)51-41(59)61-21-23-13-11-10-12-14-23)35(54)49-30(45-63-29-20-25-19-28(43(25,5)6)44(29,7)64-45)18-24-17-26(46)32(47)31(34(24)60-8)38(57)62-42(2,3)4/h10-14,17,22,25,28-30,33H,9,15-16,18-21H2,1-8H3,(H,49,54)(H,50,58)(H,48,51,59)/t25-,28-,29+,30?,33?,44-/m0/s1. The van der Waals surface area contributed by atoms with Gasteiger partial charge in [0.05, 0.1) is 30.4 Å². The Morgan fingerprint density at radius 2 is 1.77 bits per heavy atom. The Morgan fingerprint density at radius 1 is 1.05 bits per heavy atom. The van der Waals surface area contributed by atoms with Gasteiger partial charge in [0.15, 0.2) is 22.8 Å². The van der Waals surface area contributed by atoms with Crippen LogP contribution in [0.25, 0.3) is 0 Å². The molecule has 65 heavy (non-hydrogen) atoms. The Balaban J connectivity index is 1.22. The largest absolute Gasteiger partial charge is 0.495 e. The van der Waals surface area contributed by atoms with Crippen molar-refractivity contribution in [3.8, 4) is 5.75 Å². The number of likely N-dealkylation sites (N-methyl/N-ethyl adjacent to an activating group) is 1. The third-order valence-corrected chi connectivity index (χ3v) is 13.6. The molecule has 3 aromatic rings. The van der Waals surface area contributed by atoms with E-state index >= 15 is 8.78 Å².